The van der Waals surface area contributed by atoms with Gasteiger partial charge in [-0.3, -0.25) is 0 Å². The Labute approximate surface area is 55.0 Å². The van der Waals surface area contributed by atoms with Gasteiger partial charge in [-0.25, -0.2) is 0 Å². The van der Waals surface area contributed by atoms with Crippen molar-refractivity contribution in [2.75, 3.05) is 0 Å². The monoisotopic (exact) mass is 122 g/mol. The molecule has 1 rings (SSSR count). The maximum atomic E-state index is 5.06. The Morgan fingerprint density at radius 3 is 2.56 bits per heavy atom. The molecule has 0 N–H and O–H groups in total. The van der Waals surface area contributed by atoms with E-state index >= 15 is 0 Å². The van der Waals surface area contributed by atoms with Gasteiger partial charge in [-0.2, -0.15) is 0 Å². The van der Waals surface area contributed by atoms with E-state index < -0.39 is 0 Å². The molecule has 9 heavy (non-hydrogen) atoms. The first-order valence-electron chi connectivity index (χ1n) is 2.91. The van der Waals surface area contributed by atoms with Gasteiger partial charge in [-0.1, -0.05) is 6.58 Å². The summed E-state index contributed by atoms with van der Waals surface area (Å²) < 4.78 is 5.06. The summed E-state index contributed by atoms with van der Waals surface area (Å²) in [5.74, 6) is 0.938. The molecule has 0 amide bonds. The zero-order valence-electron chi connectivity index (χ0n) is 5.77. The lowest BCUT2D eigenvalue weighted by molar-refractivity contribution is 0.533. The fourth-order valence-electron chi connectivity index (χ4n) is 0.667. The normalized spacial score (nSPS) is 9.56. The third-order valence-corrected chi connectivity index (χ3v) is 1.22. The van der Waals surface area contributed by atoms with Gasteiger partial charge < -0.3 is 4.42 Å². The second-order valence-electron chi connectivity index (χ2n) is 2.23. The first-order valence-corrected chi connectivity index (χ1v) is 2.91. The Balaban J connectivity index is 2.98. The highest BCUT2D eigenvalue weighted by Gasteiger charge is 1.95. The fourth-order valence-corrected chi connectivity index (χ4v) is 0.667. The number of hydrogen-bond donors (Lipinski definition) is 0. The quantitative estimate of drug-likeness (QED) is 0.558. The highest BCUT2D eigenvalue weighted by atomic mass is 16.3. The molecular formula is C8H10O. The number of allylic oxidation sites excluding steroid dienone is 1. The van der Waals surface area contributed by atoms with Gasteiger partial charge in [0.15, 0.2) is 0 Å². The Kier molecular flexibility index (Phi) is 1.43. The van der Waals surface area contributed by atoms with Crippen LogP contribution in [0.15, 0.2) is 23.3 Å². The summed E-state index contributed by atoms with van der Waals surface area (Å²) in [5.41, 5.74) is 2.14. The Bertz CT molecular complexity index is 220. The van der Waals surface area contributed by atoms with E-state index in [0.717, 1.165) is 16.9 Å². The van der Waals surface area contributed by atoms with Crippen molar-refractivity contribution in [2.24, 2.45) is 0 Å². The second kappa shape index (κ2) is 2.09. The SMILES string of the molecule is C=C(C)c1coc(C)c1. The molecule has 1 aromatic rings. The molecule has 0 aliphatic rings. The van der Waals surface area contributed by atoms with Crippen molar-refractivity contribution in [3.05, 3.63) is 30.2 Å². The Morgan fingerprint density at radius 1 is 1.67 bits per heavy atom. The number of hydrogen-bond acceptors (Lipinski definition) is 1. The first-order chi connectivity index (χ1) is 4.20. The molecule has 0 atom stereocenters. The average molecular weight is 122 g/mol. The molecule has 0 saturated heterocycles. The lowest BCUT2D eigenvalue weighted by Gasteiger charge is -1.85. The summed E-state index contributed by atoms with van der Waals surface area (Å²) in [4.78, 5) is 0. The predicted molar refractivity (Wildman–Crippen MR) is 38.2 cm³/mol. The van der Waals surface area contributed by atoms with E-state index in [-0.39, 0.29) is 0 Å². The standard InChI is InChI=1S/C8H10O/c1-6(2)8-4-7(3)9-5-8/h4-5H,1H2,2-3H3. The van der Waals surface area contributed by atoms with Crippen molar-refractivity contribution >= 4 is 5.57 Å². The van der Waals surface area contributed by atoms with Crippen LogP contribution in [0.3, 0.4) is 0 Å². The van der Waals surface area contributed by atoms with Crippen molar-refractivity contribution < 1.29 is 4.42 Å². The molecular weight excluding hydrogens is 112 g/mol. The molecule has 0 saturated carbocycles. The van der Waals surface area contributed by atoms with Crippen molar-refractivity contribution in [1.82, 2.24) is 0 Å². The van der Waals surface area contributed by atoms with Crippen molar-refractivity contribution in [3.63, 3.8) is 0 Å². The van der Waals surface area contributed by atoms with Gasteiger partial charge in [0.05, 0.1) is 6.26 Å². The van der Waals surface area contributed by atoms with Crippen LogP contribution in [-0.4, -0.2) is 0 Å². The van der Waals surface area contributed by atoms with Crippen LogP contribution in [0, 0.1) is 6.92 Å². The van der Waals surface area contributed by atoms with Crippen LogP contribution in [0.5, 0.6) is 0 Å². The van der Waals surface area contributed by atoms with E-state index in [1.165, 1.54) is 0 Å². The lowest BCUT2D eigenvalue weighted by atomic mass is 10.2. The summed E-state index contributed by atoms with van der Waals surface area (Å²) in [5, 5.41) is 0. The average Bonchev–Trinajstić information content (AvgIpc) is 2.14. The third kappa shape index (κ3) is 1.22. The van der Waals surface area contributed by atoms with Gasteiger partial charge in [0.25, 0.3) is 0 Å². The maximum Gasteiger partial charge on any atom is 0.101 e. The van der Waals surface area contributed by atoms with Crippen LogP contribution in [0.25, 0.3) is 5.57 Å². The highest BCUT2D eigenvalue weighted by Crippen LogP contribution is 2.13. The summed E-state index contributed by atoms with van der Waals surface area (Å²) in [6, 6.07) is 1.97. The lowest BCUT2D eigenvalue weighted by Crippen LogP contribution is -1.66. The smallest absolute Gasteiger partial charge is 0.101 e. The molecule has 0 spiro atoms. The molecule has 0 bridgehead atoms. The van der Waals surface area contributed by atoms with Gasteiger partial charge in [0, 0.05) is 5.56 Å². The topological polar surface area (TPSA) is 13.1 Å². The fraction of sp³-hybridized carbons (Fsp3) is 0.250. The largest absolute Gasteiger partial charge is 0.469 e. The van der Waals surface area contributed by atoms with Crippen LogP contribution in [0.1, 0.15) is 18.2 Å². The molecule has 0 aliphatic heterocycles. The number of rotatable bonds is 1. The van der Waals surface area contributed by atoms with Gasteiger partial charge in [-0.15, -0.1) is 0 Å². The molecule has 1 aromatic heterocycles. The van der Waals surface area contributed by atoms with Crippen LogP contribution in [0.4, 0.5) is 0 Å². The molecule has 0 fully saturated rings. The van der Waals surface area contributed by atoms with E-state index in [0.29, 0.717) is 0 Å². The first kappa shape index (κ1) is 6.14. The summed E-state index contributed by atoms with van der Waals surface area (Å²) in [6.45, 7) is 7.66. The maximum absolute atomic E-state index is 5.06. The second-order valence-corrected chi connectivity index (χ2v) is 2.23. The van der Waals surface area contributed by atoms with E-state index in [9.17, 15) is 0 Å². The van der Waals surface area contributed by atoms with Crippen molar-refractivity contribution in [1.29, 1.82) is 0 Å². The minimum Gasteiger partial charge on any atom is -0.469 e. The van der Waals surface area contributed by atoms with Crippen LogP contribution < -0.4 is 0 Å². The van der Waals surface area contributed by atoms with Crippen LogP contribution >= 0.6 is 0 Å². The van der Waals surface area contributed by atoms with Gasteiger partial charge in [-0.05, 0) is 25.5 Å². The molecule has 0 aromatic carbocycles. The van der Waals surface area contributed by atoms with E-state index in [4.69, 9.17) is 4.42 Å². The zero-order valence-corrected chi connectivity index (χ0v) is 5.77. The molecule has 1 nitrogen and oxygen atoms in total. The molecule has 1 heterocycles. The summed E-state index contributed by atoms with van der Waals surface area (Å²) in [7, 11) is 0. The van der Waals surface area contributed by atoms with Crippen molar-refractivity contribution in [2.45, 2.75) is 13.8 Å². The summed E-state index contributed by atoms with van der Waals surface area (Å²) in [6.07, 6.45) is 1.72. The van der Waals surface area contributed by atoms with Gasteiger partial charge in [0.2, 0.25) is 0 Å². The zero-order chi connectivity index (χ0) is 6.85. The Morgan fingerprint density at radius 2 is 2.33 bits per heavy atom. The molecule has 0 aliphatic carbocycles. The predicted octanol–water partition coefficient (Wildman–Crippen LogP) is 2.62. The summed E-state index contributed by atoms with van der Waals surface area (Å²) >= 11 is 0. The Hall–Kier alpha value is -0.980. The minimum atomic E-state index is 0.938. The molecule has 0 radical (unpaired) electrons. The molecule has 0 unspecified atom stereocenters. The van der Waals surface area contributed by atoms with Crippen LogP contribution in [-0.2, 0) is 0 Å². The third-order valence-electron chi connectivity index (χ3n) is 1.22. The number of furan rings is 1. The van der Waals surface area contributed by atoms with Crippen LogP contribution in [0.2, 0.25) is 0 Å². The van der Waals surface area contributed by atoms with Crippen molar-refractivity contribution in [3.8, 4) is 0 Å². The van der Waals surface area contributed by atoms with E-state index in [2.05, 4.69) is 6.58 Å². The van der Waals surface area contributed by atoms with E-state index in [1.54, 1.807) is 6.26 Å². The number of aryl methyl sites for hydroxylation is 1. The van der Waals surface area contributed by atoms with Gasteiger partial charge >= 0.3 is 0 Å². The van der Waals surface area contributed by atoms with E-state index in [1.807, 2.05) is 19.9 Å². The molecule has 1 heteroatoms. The molecule has 48 valence electrons. The van der Waals surface area contributed by atoms with Gasteiger partial charge in [0.1, 0.15) is 5.76 Å². The highest BCUT2D eigenvalue weighted by molar-refractivity contribution is 5.60. The minimum absolute atomic E-state index is 0.938.